The first-order chi connectivity index (χ1) is 8.99. The summed E-state index contributed by atoms with van der Waals surface area (Å²) < 4.78 is 24.3. The minimum Gasteiger partial charge on any atom is -0.486 e. The van der Waals surface area contributed by atoms with Gasteiger partial charge in [0.25, 0.3) is 0 Å². The number of rotatable bonds is 4. The Hall–Kier alpha value is -1.88. The number of nitrogens with two attached hydrogens (primary N) is 1. The molecule has 1 atom stereocenters. The van der Waals surface area contributed by atoms with Crippen molar-refractivity contribution in [2.75, 3.05) is 0 Å². The zero-order chi connectivity index (χ0) is 14.0. The molecular weight excluding hydrogens is 247 g/mol. The quantitative estimate of drug-likeness (QED) is 0.922. The molecule has 1 aromatic carbocycles. The van der Waals surface area contributed by atoms with E-state index in [0.29, 0.717) is 5.76 Å². The summed E-state index contributed by atoms with van der Waals surface area (Å²) >= 11 is 0. The van der Waals surface area contributed by atoms with Gasteiger partial charge < -0.3 is 15.0 Å². The molecular formula is C14H17FN2O2. The van der Waals surface area contributed by atoms with E-state index in [2.05, 4.69) is 5.16 Å². The maximum Gasteiger partial charge on any atom is 0.165 e. The van der Waals surface area contributed by atoms with Gasteiger partial charge in [-0.25, -0.2) is 4.39 Å². The van der Waals surface area contributed by atoms with E-state index in [0.717, 1.165) is 16.8 Å². The number of hydrogen-bond donors (Lipinski definition) is 1. The highest BCUT2D eigenvalue weighted by Gasteiger charge is 2.12. The molecule has 0 aliphatic rings. The molecule has 0 fully saturated rings. The first-order valence-corrected chi connectivity index (χ1v) is 6.08. The maximum atomic E-state index is 13.8. The summed E-state index contributed by atoms with van der Waals surface area (Å²) in [6.45, 7) is 5.66. The molecule has 0 saturated carbocycles. The topological polar surface area (TPSA) is 61.3 Å². The van der Waals surface area contributed by atoms with Gasteiger partial charge in [-0.15, -0.1) is 0 Å². The lowest BCUT2D eigenvalue weighted by Crippen LogP contribution is -2.06. The summed E-state index contributed by atoms with van der Waals surface area (Å²) in [7, 11) is 0. The van der Waals surface area contributed by atoms with Gasteiger partial charge in [0.05, 0.1) is 11.3 Å². The number of nitrogens with zero attached hydrogens (tertiary/aromatic N) is 1. The van der Waals surface area contributed by atoms with Crippen molar-refractivity contribution in [3.05, 3.63) is 46.6 Å². The number of benzene rings is 1. The van der Waals surface area contributed by atoms with Crippen molar-refractivity contribution in [3.63, 3.8) is 0 Å². The highest BCUT2D eigenvalue weighted by atomic mass is 19.1. The molecule has 0 spiro atoms. The lowest BCUT2D eigenvalue weighted by atomic mass is 10.1. The van der Waals surface area contributed by atoms with Gasteiger partial charge in [-0.05, 0) is 38.5 Å². The second-order valence-electron chi connectivity index (χ2n) is 4.57. The Kier molecular flexibility index (Phi) is 3.85. The van der Waals surface area contributed by atoms with E-state index >= 15 is 0 Å². The Balaban J connectivity index is 2.12. The molecule has 0 saturated heterocycles. The fraction of sp³-hybridized carbons (Fsp3) is 0.357. The van der Waals surface area contributed by atoms with Gasteiger partial charge in [-0.1, -0.05) is 11.2 Å². The third-order valence-corrected chi connectivity index (χ3v) is 3.03. The molecule has 2 N–H and O–H groups in total. The average Bonchev–Trinajstić information content (AvgIpc) is 2.68. The predicted molar refractivity (Wildman–Crippen MR) is 69.3 cm³/mol. The molecule has 2 rings (SSSR count). The van der Waals surface area contributed by atoms with Gasteiger partial charge in [-0.3, -0.25) is 0 Å². The number of halogens is 1. The number of aryl methyl sites for hydroxylation is 2. The maximum absolute atomic E-state index is 13.8. The van der Waals surface area contributed by atoms with Crippen LogP contribution in [0.4, 0.5) is 4.39 Å². The molecule has 0 amide bonds. The van der Waals surface area contributed by atoms with E-state index in [-0.39, 0.29) is 18.4 Å². The van der Waals surface area contributed by atoms with Crippen LogP contribution < -0.4 is 10.5 Å². The average molecular weight is 264 g/mol. The number of hydrogen-bond acceptors (Lipinski definition) is 4. The van der Waals surface area contributed by atoms with Crippen molar-refractivity contribution in [1.82, 2.24) is 5.16 Å². The van der Waals surface area contributed by atoms with E-state index in [1.165, 1.54) is 6.07 Å². The largest absolute Gasteiger partial charge is 0.486 e. The third kappa shape index (κ3) is 2.93. The van der Waals surface area contributed by atoms with Gasteiger partial charge in [-0.2, -0.15) is 0 Å². The molecule has 0 radical (unpaired) electrons. The first-order valence-electron chi connectivity index (χ1n) is 6.08. The van der Waals surface area contributed by atoms with Crippen LogP contribution in [-0.2, 0) is 6.61 Å². The van der Waals surface area contributed by atoms with Crippen molar-refractivity contribution in [2.45, 2.75) is 33.4 Å². The molecule has 0 aliphatic carbocycles. The smallest absolute Gasteiger partial charge is 0.165 e. The SMILES string of the molecule is Cc1noc(C)c1COc1ccc([C@H](C)N)cc1F. The van der Waals surface area contributed by atoms with Crippen molar-refractivity contribution >= 4 is 0 Å². The van der Waals surface area contributed by atoms with Gasteiger partial charge in [0, 0.05) is 6.04 Å². The lowest BCUT2D eigenvalue weighted by molar-refractivity contribution is 0.286. The van der Waals surface area contributed by atoms with Crippen LogP contribution in [0, 0.1) is 19.7 Å². The second-order valence-corrected chi connectivity index (χ2v) is 4.57. The molecule has 102 valence electrons. The van der Waals surface area contributed by atoms with E-state index < -0.39 is 5.82 Å². The summed E-state index contributed by atoms with van der Waals surface area (Å²) in [5.41, 5.74) is 8.03. The minimum absolute atomic E-state index is 0.199. The highest BCUT2D eigenvalue weighted by Crippen LogP contribution is 2.23. The fourth-order valence-corrected chi connectivity index (χ4v) is 1.78. The standard InChI is InChI=1S/C14H17FN2O2/c1-8(16)11-4-5-14(13(15)6-11)18-7-12-9(2)17-19-10(12)3/h4-6,8H,7,16H2,1-3H3/t8-/m0/s1. The Bertz CT molecular complexity index is 559. The molecule has 4 nitrogen and oxygen atoms in total. The molecule has 19 heavy (non-hydrogen) atoms. The summed E-state index contributed by atoms with van der Waals surface area (Å²) in [5, 5.41) is 3.82. The number of ether oxygens (including phenoxy) is 1. The second kappa shape index (κ2) is 5.40. The summed E-state index contributed by atoms with van der Waals surface area (Å²) in [6, 6.07) is 4.54. The molecule has 0 bridgehead atoms. The predicted octanol–water partition coefficient (Wildman–Crippen LogP) is 3.03. The Labute approximate surface area is 111 Å². The Morgan fingerprint density at radius 3 is 2.68 bits per heavy atom. The zero-order valence-electron chi connectivity index (χ0n) is 11.2. The zero-order valence-corrected chi connectivity index (χ0v) is 11.2. The van der Waals surface area contributed by atoms with Crippen LogP contribution in [0.5, 0.6) is 5.75 Å². The molecule has 2 aromatic rings. The third-order valence-electron chi connectivity index (χ3n) is 3.03. The lowest BCUT2D eigenvalue weighted by Gasteiger charge is -2.10. The van der Waals surface area contributed by atoms with Gasteiger partial charge in [0.15, 0.2) is 11.6 Å². The van der Waals surface area contributed by atoms with Crippen LogP contribution in [-0.4, -0.2) is 5.16 Å². The van der Waals surface area contributed by atoms with Crippen molar-refractivity contribution in [1.29, 1.82) is 0 Å². The highest BCUT2D eigenvalue weighted by molar-refractivity contribution is 5.31. The van der Waals surface area contributed by atoms with Crippen molar-refractivity contribution < 1.29 is 13.7 Å². The fourth-order valence-electron chi connectivity index (χ4n) is 1.78. The normalized spacial score (nSPS) is 12.5. The van der Waals surface area contributed by atoms with Crippen LogP contribution >= 0.6 is 0 Å². The Morgan fingerprint density at radius 1 is 1.42 bits per heavy atom. The summed E-state index contributed by atoms with van der Waals surface area (Å²) in [5.74, 6) is 0.469. The van der Waals surface area contributed by atoms with Crippen LogP contribution in [0.3, 0.4) is 0 Å². The molecule has 0 aliphatic heterocycles. The van der Waals surface area contributed by atoms with Gasteiger partial charge in [0.1, 0.15) is 12.4 Å². The minimum atomic E-state index is -0.415. The van der Waals surface area contributed by atoms with Crippen LogP contribution in [0.1, 0.15) is 35.5 Å². The van der Waals surface area contributed by atoms with Crippen LogP contribution in [0.25, 0.3) is 0 Å². The molecule has 5 heteroatoms. The van der Waals surface area contributed by atoms with E-state index in [9.17, 15) is 4.39 Å². The van der Waals surface area contributed by atoms with Crippen molar-refractivity contribution in [2.24, 2.45) is 5.73 Å². The first kappa shape index (κ1) is 13.5. The summed E-state index contributed by atoms with van der Waals surface area (Å²) in [4.78, 5) is 0. The van der Waals surface area contributed by atoms with Crippen LogP contribution in [0.15, 0.2) is 22.7 Å². The van der Waals surface area contributed by atoms with Gasteiger partial charge >= 0.3 is 0 Å². The molecule has 1 aromatic heterocycles. The Morgan fingerprint density at radius 2 is 2.16 bits per heavy atom. The van der Waals surface area contributed by atoms with Gasteiger partial charge in [0.2, 0.25) is 0 Å². The van der Waals surface area contributed by atoms with Crippen LogP contribution in [0.2, 0.25) is 0 Å². The number of aromatic nitrogens is 1. The van der Waals surface area contributed by atoms with E-state index in [1.807, 2.05) is 6.92 Å². The van der Waals surface area contributed by atoms with E-state index in [4.69, 9.17) is 15.0 Å². The molecule has 0 unspecified atom stereocenters. The monoisotopic (exact) mass is 264 g/mol. The van der Waals surface area contributed by atoms with Crippen molar-refractivity contribution in [3.8, 4) is 5.75 Å². The van der Waals surface area contributed by atoms with E-state index in [1.54, 1.807) is 26.0 Å². The summed E-state index contributed by atoms with van der Waals surface area (Å²) in [6.07, 6.45) is 0. The molecule has 1 heterocycles.